The molecule has 3 aromatic rings. The Bertz CT molecular complexity index is 1180. The average molecular weight is 470 g/mol. The number of anilines is 1. The number of hydrogen-bond donors (Lipinski definition) is 1. The molecule has 1 aromatic heterocycles. The molecule has 5 rings (SSSR count). The van der Waals surface area contributed by atoms with Gasteiger partial charge >= 0.3 is 6.18 Å². The minimum atomic E-state index is -4.45. The van der Waals surface area contributed by atoms with Crippen LogP contribution in [0.25, 0.3) is 5.69 Å². The Morgan fingerprint density at radius 3 is 2.59 bits per heavy atom. The predicted octanol–water partition coefficient (Wildman–Crippen LogP) is 4.85. The smallest absolute Gasteiger partial charge is 0.379 e. The zero-order valence-corrected chi connectivity index (χ0v) is 18.5. The van der Waals surface area contributed by atoms with Crippen LogP contribution in [0.15, 0.2) is 54.7 Å². The number of morpholine rings is 1. The van der Waals surface area contributed by atoms with Gasteiger partial charge in [-0.15, -0.1) is 0 Å². The van der Waals surface area contributed by atoms with E-state index < -0.39 is 11.7 Å². The standard InChI is InChI=1S/C25H25F3N4O2/c26-25(27,28)19-4-2-6-21(14-19)32-23(18-7-8-18)22(15-29-32)24(33)30-20-5-1-3-17(13-20)16-31-9-11-34-12-10-31/h1-6,13-15,18H,7-12,16H2,(H,30,33). The maximum Gasteiger partial charge on any atom is 0.416 e. The summed E-state index contributed by atoms with van der Waals surface area (Å²) in [5.74, 6) is -0.214. The lowest BCUT2D eigenvalue weighted by molar-refractivity contribution is -0.137. The van der Waals surface area contributed by atoms with Gasteiger partial charge in [-0.1, -0.05) is 18.2 Å². The molecule has 1 saturated heterocycles. The fraction of sp³-hybridized carbons (Fsp3) is 0.360. The first-order valence-electron chi connectivity index (χ1n) is 11.3. The molecule has 2 heterocycles. The molecule has 1 saturated carbocycles. The van der Waals surface area contributed by atoms with Crippen LogP contribution >= 0.6 is 0 Å². The molecule has 6 nitrogen and oxygen atoms in total. The molecule has 2 aliphatic rings. The highest BCUT2D eigenvalue weighted by molar-refractivity contribution is 6.05. The molecule has 2 aromatic carbocycles. The second kappa shape index (κ2) is 9.23. The van der Waals surface area contributed by atoms with Gasteiger partial charge in [-0.2, -0.15) is 18.3 Å². The van der Waals surface area contributed by atoms with Crippen molar-refractivity contribution in [2.24, 2.45) is 0 Å². The molecule has 1 amide bonds. The van der Waals surface area contributed by atoms with Crippen LogP contribution < -0.4 is 5.32 Å². The van der Waals surface area contributed by atoms with Gasteiger partial charge in [0.25, 0.3) is 5.91 Å². The predicted molar refractivity (Wildman–Crippen MR) is 121 cm³/mol. The largest absolute Gasteiger partial charge is 0.416 e. The van der Waals surface area contributed by atoms with Gasteiger partial charge in [0, 0.05) is 31.2 Å². The molecule has 0 atom stereocenters. The van der Waals surface area contributed by atoms with Crippen molar-refractivity contribution in [3.05, 3.63) is 77.1 Å². The molecular formula is C25H25F3N4O2. The second-order valence-electron chi connectivity index (χ2n) is 8.72. The molecule has 2 fully saturated rings. The summed E-state index contributed by atoms with van der Waals surface area (Å²) in [6.07, 6.45) is -1.25. The third-order valence-corrected chi connectivity index (χ3v) is 6.13. The Kier molecular flexibility index (Phi) is 6.14. The quantitative estimate of drug-likeness (QED) is 0.560. The van der Waals surface area contributed by atoms with E-state index in [0.717, 1.165) is 63.4 Å². The summed E-state index contributed by atoms with van der Waals surface area (Å²) in [5.41, 5.74) is 2.35. The van der Waals surface area contributed by atoms with Gasteiger partial charge in [-0.3, -0.25) is 9.69 Å². The first-order chi connectivity index (χ1) is 16.4. The number of nitrogens with one attached hydrogen (secondary N) is 1. The minimum Gasteiger partial charge on any atom is -0.379 e. The number of nitrogens with zero attached hydrogens (tertiary/aromatic N) is 3. The highest BCUT2D eigenvalue weighted by Crippen LogP contribution is 2.43. The zero-order valence-electron chi connectivity index (χ0n) is 18.5. The summed E-state index contributed by atoms with van der Waals surface area (Å²) in [5, 5.41) is 7.24. The summed E-state index contributed by atoms with van der Waals surface area (Å²) in [4.78, 5) is 15.5. The fourth-order valence-electron chi connectivity index (χ4n) is 4.27. The zero-order chi connectivity index (χ0) is 23.7. The Hall–Kier alpha value is -3.17. The normalized spacial score (nSPS) is 17.0. The molecule has 0 radical (unpaired) electrons. The molecule has 1 aliphatic heterocycles. The maximum absolute atomic E-state index is 13.2. The number of hydrogen-bond acceptors (Lipinski definition) is 4. The number of alkyl halides is 3. The Morgan fingerprint density at radius 2 is 1.85 bits per heavy atom. The lowest BCUT2D eigenvalue weighted by Crippen LogP contribution is -2.35. The number of carbonyl (C=O) groups is 1. The van der Waals surface area contributed by atoms with E-state index in [9.17, 15) is 18.0 Å². The number of halogens is 3. The summed E-state index contributed by atoms with van der Waals surface area (Å²) < 4.78 is 46.5. The van der Waals surface area contributed by atoms with E-state index in [-0.39, 0.29) is 11.8 Å². The van der Waals surface area contributed by atoms with E-state index in [4.69, 9.17) is 4.74 Å². The summed E-state index contributed by atoms with van der Waals surface area (Å²) in [7, 11) is 0. The topological polar surface area (TPSA) is 59.4 Å². The summed E-state index contributed by atoms with van der Waals surface area (Å²) in [6.45, 7) is 3.95. The third kappa shape index (κ3) is 5.00. The first kappa shape index (κ1) is 22.6. The lowest BCUT2D eigenvalue weighted by atomic mass is 10.1. The average Bonchev–Trinajstić information content (AvgIpc) is 3.57. The Labute approximate surface area is 195 Å². The minimum absolute atomic E-state index is 0.102. The van der Waals surface area contributed by atoms with Crippen molar-refractivity contribution in [2.45, 2.75) is 31.5 Å². The molecular weight excluding hydrogens is 445 g/mol. The second-order valence-corrected chi connectivity index (χ2v) is 8.72. The van der Waals surface area contributed by atoms with Gasteiger partial charge in [0.1, 0.15) is 0 Å². The van der Waals surface area contributed by atoms with Gasteiger partial charge < -0.3 is 10.1 Å². The van der Waals surface area contributed by atoms with Crippen LogP contribution in [-0.4, -0.2) is 46.9 Å². The molecule has 0 spiro atoms. The van der Waals surface area contributed by atoms with E-state index in [1.165, 1.54) is 16.9 Å². The molecule has 1 N–H and O–H groups in total. The van der Waals surface area contributed by atoms with Gasteiger partial charge in [0.05, 0.1) is 41.9 Å². The van der Waals surface area contributed by atoms with E-state index in [1.807, 2.05) is 24.3 Å². The van der Waals surface area contributed by atoms with Crippen LogP contribution in [0, 0.1) is 0 Å². The van der Waals surface area contributed by atoms with Crippen LogP contribution in [0.4, 0.5) is 18.9 Å². The summed E-state index contributed by atoms with van der Waals surface area (Å²) >= 11 is 0. The number of amides is 1. The number of benzene rings is 2. The van der Waals surface area contributed by atoms with Crippen LogP contribution in [0.2, 0.25) is 0 Å². The van der Waals surface area contributed by atoms with Crippen molar-refractivity contribution in [2.75, 3.05) is 31.6 Å². The maximum atomic E-state index is 13.2. The molecule has 9 heteroatoms. The number of aromatic nitrogens is 2. The molecule has 34 heavy (non-hydrogen) atoms. The number of rotatable bonds is 6. The van der Waals surface area contributed by atoms with E-state index in [0.29, 0.717) is 22.6 Å². The molecule has 178 valence electrons. The lowest BCUT2D eigenvalue weighted by Gasteiger charge is -2.26. The third-order valence-electron chi connectivity index (χ3n) is 6.13. The molecule has 1 aliphatic carbocycles. The highest BCUT2D eigenvalue weighted by atomic mass is 19.4. The number of ether oxygens (including phenoxy) is 1. The Balaban J connectivity index is 1.37. The fourth-order valence-corrected chi connectivity index (χ4v) is 4.27. The van der Waals surface area contributed by atoms with Gasteiger partial charge in [0.2, 0.25) is 0 Å². The van der Waals surface area contributed by atoms with E-state index in [1.54, 1.807) is 6.07 Å². The van der Waals surface area contributed by atoms with Crippen molar-refractivity contribution in [1.82, 2.24) is 14.7 Å². The van der Waals surface area contributed by atoms with Crippen molar-refractivity contribution in [3.63, 3.8) is 0 Å². The van der Waals surface area contributed by atoms with E-state index in [2.05, 4.69) is 15.3 Å². The molecule has 0 bridgehead atoms. The van der Waals surface area contributed by atoms with Crippen molar-refractivity contribution < 1.29 is 22.7 Å². The van der Waals surface area contributed by atoms with E-state index >= 15 is 0 Å². The van der Waals surface area contributed by atoms with Crippen molar-refractivity contribution >= 4 is 11.6 Å². The number of carbonyl (C=O) groups excluding carboxylic acids is 1. The van der Waals surface area contributed by atoms with Gasteiger partial charge in [-0.05, 0) is 48.7 Å². The monoisotopic (exact) mass is 470 g/mol. The Morgan fingerprint density at radius 1 is 1.09 bits per heavy atom. The first-order valence-corrected chi connectivity index (χ1v) is 11.3. The van der Waals surface area contributed by atoms with Gasteiger partial charge in [-0.25, -0.2) is 4.68 Å². The van der Waals surface area contributed by atoms with Crippen LogP contribution in [0.5, 0.6) is 0 Å². The summed E-state index contributed by atoms with van der Waals surface area (Å²) in [6, 6.07) is 12.7. The van der Waals surface area contributed by atoms with Crippen molar-refractivity contribution in [1.29, 1.82) is 0 Å². The van der Waals surface area contributed by atoms with Gasteiger partial charge in [0.15, 0.2) is 0 Å². The van der Waals surface area contributed by atoms with Crippen LogP contribution in [-0.2, 0) is 17.5 Å². The highest BCUT2D eigenvalue weighted by Gasteiger charge is 2.34. The SMILES string of the molecule is O=C(Nc1cccc(CN2CCOCC2)c1)c1cnn(-c2cccc(C(F)(F)F)c2)c1C1CC1. The van der Waals surface area contributed by atoms with Crippen molar-refractivity contribution in [3.8, 4) is 5.69 Å². The van der Waals surface area contributed by atoms with Crippen LogP contribution in [0.1, 0.15) is 45.9 Å². The van der Waals surface area contributed by atoms with Crippen LogP contribution in [0.3, 0.4) is 0 Å². The molecule has 0 unspecified atom stereocenters.